The zero-order valence-electron chi connectivity index (χ0n) is 4.87. The van der Waals surface area contributed by atoms with Gasteiger partial charge in [0.15, 0.2) is 0 Å². The number of hydrogen-bond donors (Lipinski definition) is 0. The molecule has 1 aromatic rings. The molecule has 4 heteroatoms. The second-order valence-electron chi connectivity index (χ2n) is 1.79. The van der Waals surface area contributed by atoms with Gasteiger partial charge in [0.05, 0.1) is 0 Å². The van der Waals surface area contributed by atoms with Crippen LogP contribution in [-0.4, -0.2) is 22.5 Å². The van der Waals surface area contributed by atoms with Crippen LogP contribution >= 0.6 is 0 Å². The summed E-state index contributed by atoms with van der Waals surface area (Å²) in [6, 6.07) is 1.45. The molecule has 52 valence electrons. The van der Waals surface area contributed by atoms with Crippen molar-refractivity contribution in [2.24, 2.45) is 0 Å². The molecular formula is C6H3F3Sn. The maximum atomic E-state index is 12.4. The van der Waals surface area contributed by atoms with Crippen molar-refractivity contribution in [3.05, 3.63) is 29.6 Å². The van der Waals surface area contributed by atoms with E-state index in [1.807, 2.05) is 0 Å². The van der Waals surface area contributed by atoms with Crippen LogP contribution in [0.25, 0.3) is 0 Å². The topological polar surface area (TPSA) is 0 Å². The van der Waals surface area contributed by atoms with Gasteiger partial charge >= 0.3 is 68.9 Å². The van der Waals surface area contributed by atoms with E-state index in [4.69, 9.17) is 0 Å². The zero-order valence-corrected chi connectivity index (χ0v) is 8.16. The summed E-state index contributed by atoms with van der Waals surface area (Å²) >= 11 is 0.454. The van der Waals surface area contributed by atoms with Crippen LogP contribution in [0.2, 0.25) is 0 Å². The summed E-state index contributed by atoms with van der Waals surface area (Å²) in [5.74, 6) is -2.78. The van der Waals surface area contributed by atoms with Gasteiger partial charge in [-0.2, -0.15) is 0 Å². The van der Waals surface area contributed by atoms with Crippen molar-refractivity contribution < 1.29 is 13.2 Å². The molecule has 2 radical (unpaired) electrons. The van der Waals surface area contributed by atoms with Gasteiger partial charge in [0.25, 0.3) is 0 Å². The van der Waals surface area contributed by atoms with Gasteiger partial charge in [-0.15, -0.1) is 0 Å². The zero-order chi connectivity index (χ0) is 7.72. The molecule has 0 heterocycles. The molecule has 0 spiro atoms. The van der Waals surface area contributed by atoms with Gasteiger partial charge in [-0.25, -0.2) is 0 Å². The van der Waals surface area contributed by atoms with Crippen molar-refractivity contribution in [2.75, 3.05) is 0 Å². The molecule has 1 rings (SSSR count). The standard InChI is InChI=1S/C6H2F3.Sn.H/c7-4-1-2-5(8)6(9)3-4;;/h2-3H;;. The van der Waals surface area contributed by atoms with E-state index in [-0.39, 0.29) is 3.58 Å². The fraction of sp³-hybridized carbons (Fsp3) is 0. The number of benzene rings is 1. The second-order valence-corrected chi connectivity index (χ2v) is 3.56. The van der Waals surface area contributed by atoms with Crippen LogP contribution in [0.4, 0.5) is 13.2 Å². The number of rotatable bonds is 0. The normalized spacial score (nSPS) is 10.0. The molecule has 0 fully saturated rings. The Morgan fingerprint density at radius 1 is 0.900 bits per heavy atom. The monoisotopic (exact) mass is 252 g/mol. The molecule has 0 unspecified atom stereocenters. The van der Waals surface area contributed by atoms with E-state index < -0.39 is 17.5 Å². The van der Waals surface area contributed by atoms with Crippen LogP contribution in [0, 0.1) is 17.5 Å². The van der Waals surface area contributed by atoms with E-state index in [1.54, 1.807) is 0 Å². The Morgan fingerprint density at radius 2 is 1.40 bits per heavy atom. The first-order valence-electron chi connectivity index (χ1n) is 2.51. The Kier molecular flexibility index (Phi) is 2.23. The quantitative estimate of drug-likeness (QED) is 0.468. The van der Waals surface area contributed by atoms with Gasteiger partial charge in [0.1, 0.15) is 0 Å². The van der Waals surface area contributed by atoms with E-state index in [9.17, 15) is 13.2 Å². The third-order valence-electron chi connectivity index (χ3n) is 1.04. The van der Waals surface area contributed by atoms with Crippen molar-refractivity contribution in [3.63, 3.8) is 0 Å². The predicted molar refractivity (Wildman–Crippen MR) is 33.1 cm³/mol. The predicted octanol–water partition coefficient (Wildman–Crippen LogP) is 0.630. The first-order valence-corrected chi connectivity index (χ1v) is 4.16. The second kappa shape index (κ2) is 2.82. The maximum absolute atomic E-state index is 12.4. The van der Waals surface area contributed by atoms with Crippen molar-refractivity contribution in [3.8, 4) is 0 Å². The molecule has 0 aliphatic heterocycles. The Bertz CT molecular complexity index is 209. The Morgan fingerprint density at radius 3 is 1.90 bits per heavy atom. The minimum atomic E-state index is -1.13. The molecule has 1 aromatic carbocycles. The van der Waals surface area contributed by atoms with E-state index in [0.717, 1.165) is 6.07 Å². The van der Waals surface area contributed by atoms with Gasteiger partial charge in [-0.1, -0.05) is 0 Å². The average molecular weight is 251 g/mol. The van der Waals surface area contributed by atoms with Gasteiger partial charge in [0.2, 0.25) is 0 Å². The summed E-state index contributed by atoms with van der Waals surface area (Å²) in [7, 11) is 0. The first-order chi connectivity index (χ1) is 4.61. The molecule has 0 atom stereocenters. The average Bonchev–Trinajstić information content (AvgIpc) is 1.84. The molecule has 0 bridgehead atoms. The molecule has 0 saturated heterocycles. The van der Waals surface area contributed by atoms with Gasteiger partial charge in [-0.3, -0.25) is 0 Å². The SMILES string of the molecule is Fc1cc(F)[c]([SnH])cc1F. The summed E-state index contributed by atoms with van der Waals surface area (Å²) < 4.78 is 37.0. The van der Waals surface area contributed by atoms with Crippen LogP contribution in [0.15, 0.2) is 12.1 Å². The molecule has 0 aliphatic carbocycles. The van der Waals surface area contributed by atoms with E-state index >= 15 is 0 Å². The van der Waals surface area contributed by atoms with Gasteiger partial charge < -0.3 is 0 Å². The fourth-order valence-corrected chi connectivity index (χ4v) is 1.19. The van der Waals surface area contributed by atoms with Crippen LogP contribution in [0.5, 0.6) is 0 Å². The third kappa shape index (κ3) is 1.45. The Balaban J connectivity index is 3.28. The van der Waals surface area contributed by atoms with Crippen LogP contribution in [-0.2, 0) is 0 Å². The summed E-state index contributed by atoms with van der Waals surface area (Å²) in [6.07, 6.45) is 0. The van der Waals surface area contributed by atoms with Crippen molar-refractivity contribution in [1.29, 1.82) is 0 Å². The third-order valence-corrected chi connectivity index (χ3v) is 2.30. The van der Waals surface area contributed by atoms with Crippen molar-refractivity contribution in [1.82, 2.24) is 0 Å². The molecule has 10 heavy (non-hydrogen) atoms. The molecule has 0 N–H and O–H groups in total. The van der Waals surface area contributed by atoms with Crippen LogP contribution in [0.3, 0.4) is 0 Å². The summed E-state index contributed by atoms with van der Waals surface area (Å²) in [5, 5.41) is 0. The number of hydrogen-bond acceptors (Lipinski definition) is 0. The molecule has 0 aliphatic rings. The minimum absolute atomic E-state index is 0.240. The van der Waals surface area contributed by atoms with Crippen LogP contribution in [0.1, 0.15) is 0 Å². The molecule has 0 aromatic heterocycles. The molecular weight excluding hydrogens is 248 g/mol. The van der Waals surface area contributed by atoms with Crippen LogP contribution < -0.4 is 3.58 Å². The first kappa shape index (κ1) is 7.91. The van der Waals surface area contributed by atoms with E-state index in [2.05, 4.69) is 0 Å². The molecule has 0 saturated carbocycles. The van der Waals surface area contributed by atoms with Gasteiger partial charge in [0, 0.05) is 0 Å². The Hall–Kier alpha value is -0.191. The van der Waals surface area contributed by atoms with Crippen molar-refractivity contribution >= 4 is 26.1 Å². The molecule has 0 nitrogen and oxygen atoms in total. The summed E-state index contributed by atoms with van der Waals surface area (Å²) in [5.41, 5.74) is 0. The van der Waals surface area contributed by atoms with E-state index in [1.165, 1.54) is 0 Å². The number of halogens is 3. The van der Waals surface area contributed by atoms with Crippen molar-refractivity contribution in [2.45, 2.75) is 0 Å². The van der Waals surface area contributed by atoms with E-state index in [0.29, 0.717) is 28.6 Å². The fourth-order valence-electron chi connectivity index (χ4n) is 0.538. The van der Waals surface area contributed by atoms with Gasteiger partial charge in [-0.05, 0) is 0 Å². The summed E-state index contributed by atoms with van der Waals surface area (Å²) in [6.45, 7) is 0. The Labute approximate surface area is 69.1 Å². The summed E-state index contributed by atoms with van der Waals surface area (Å²) in [4.78, 5) is 0. The molecule has 0 amide bonds.